The summed E-state index contributed by atoms with van der Waals surface area (Å²) in [5.41, 5.74) is 2.74. The number of rotatable bonds is 2. The van der Waals surface area contributed by atoms with Crippen molar-refractivity contribution < 1.29 is 9.90 Å². The Kier molecular flexibility index (Phi) is 3.28. The number of hydrogen-bond acceptors (Lipinski definition) is 1. The van der Waals surface area contributed by atoms with E-state index in [1.54, 1.807) is 0 Å². The average Bonchev–Trinajstić information content (AvgIpc) is 2.30. The minimum absolute atomic E-state index is 0.111. The number of carbonyl (C=O) groups is 1. The second-order valence-corrected chi connectivity index (χ2v) is 4.74. The summed E-state index contributed by atoms with van der Waals surface area (Å²) in [5, 5.41) is 8.95. The third kappa shape index (κ3) is 2.26. The van der Waals surface area contributed by atoms with Crippen LogP contribution in [0.5, 0.6) is 0 Å². The Hall–Kier alpha value is -1.31. The van der Waals surface area contributed by atoms with Gasteiger partial charge in [-0.05, 0) is 49.7 Å². The molecule has 0 aromatic heterocycles. The van der Waals surface area contributed by atoms with Crippen molar-refractivity contribution in [1.29, 1.82) is 0 Å². The van der Waals surface area contributed by atoms with Crippen LogP contribution in [0.1, 0.15) is 42.7 Å². The van der Waals surface area contributed by atoms with Crippen molar-refractivity contribution in [1.82, 2.24) is 0 Å². The lowest BCUT2D eigenvalue weighted by Crippen LogP contribution is -2.20. The van der Waals surface area contributed by atoms with Crippen molar-refractivity contribution in [2.45, 2.75) is 38.5 Å². The maximum atomic E-state index is 10.9. The predicted octanol–water partition coefficient (Wildman–Crippen LogP) is 3.35. The summed E-state index contributed by atoms with van der Waals surface area (Å²) in [6, 6.07) is 8.45. The van der Waals surface area contributed by atoms with E-state index in [4.69, 9.17) is 5.11 Å². The molecule has 1 aromatic rings. The molecule has 0 unspecified atom stereocenters. The van der Waals surface area contributed by atoms with Crippen LogP contribution < -0.4 is 0 Å². The molecule has 1 saturated carbocycles. The van der Waals surface area contributed by atoms with Gasteiger partial charge in [0, 0.05) is 0 Å². The normalized spacial score (nSPS) is 25.3. The molecule has 1 aliphatic carbocycles. The first kappa shape index (κ1) is 11.2. The third-order valence-electron chi connectivity index (χ3n) is 3.70. The van der Waals surface area contributed by atoms with E-state index >= 15 is 0 Å². The van der Waals surface area contributed by atoms with E-state index in [1.807, 2.05) is 0 Å². The molecule has 2 nitrogen and oxygen atoms in total. The van der Waals surface area contributed by atoms with E-state index in [0.29, 0.717) is 5.92 Å². The highest BCUT2D eigenvalue weighted by atomic mass is 16.4. The van der Waals surface area contributed by atoms with Crippen LogP contribution in [0.3, 0.4) is 0 Å². The number of benzene rings is 1. The van der Waals surface area contributed by atoms with Crippen molar-refractivity contribution in [3.8, 4) is 0 Å². The summed E-state index contributed by atoms with van der Waals surface area (Å²) in [5.74, 6) is -0.166. The molecule has 0 amide bonds. The molecule has 0 bridgehead atoms. The van der Waals surface area contributed by atoms with Crippen LogP contribution in [0.4, 0.5) is 0 Å². The van der Waals surface area contributed by atoms with Crippen LogP contribution in [0.15, 0.2) is 24.3 Å². The topological polar surface area (TPSA) is 37.3 Å². The molecular weight excluding hydrogens is 200 g/mol. The summed E-state index contributed by atoms with van der Waals surface area (Å²) in [6.45, 7) is 2.14. The maximum absolute atomic E-state index is 10.9. The molecule has 0 aliphatic heterocycles. The molecule has 1 N–H and O–H groups in total. The van der Waals surface area contributed by atoms with E-state index in [-0.39, 0.29) is 5.92 Å². The van der Waals surface area contributed by atoms with Crippen molar-refractivity contribution in [2.75, 3.05) is 0 Å². The minimum Gasteiger partial charge on any atom is -0.481 e. The zero-order valence-corrected chi connectivity index (χ0v) is 9.65. The summed E-state index contributed by atoms with van der Waals surface area (Å²) >= 11 is 0. The second-order valence-electron chi connectivity index (χ2n) is 4.74. The van der Waals surface area contributed by atoms with Gasteiger partial charge >= 0.3 is 5.97 Å². The number of aryl methyl sites for hydroxylation is 1. The Labute approximate surface area is 96.3 Å². The molecule has 1 aliphatic rings. The molecule has 0 heterocycles. The van der Waals surface area contributed by atoms with Crippen LogP contribution in [-0.2, 0) is 4.79 Å². The van der Waals surface area contributed by atoms with Crippen LogP contribution in [-0.4, -0.2) is 11.1 Å². The van der Waals surface area contributed by atoms with E-state index in [9.17, 15) is 4.79 Å². The summed E-state index contributed by atoms with van der Waals surface area (Å²) in [4.78, 5) is 10.9. The van der Waals surface area contributed by atoms with Crippen LogP contribution in [0.2, 0.25) is 0 Å². The highest BCUT2D eigenvalue weighted by Crippen LogP contribution is 2.36. The molecular formula is C14H18O2. The van der Waals surface area contributed by atoms with Gasteiger partial charge in [0.1, 0.15) is 0 Å². The van der Waals surface area contributed by atoms with E-state index < -0.39 is 5.97 Å². The van der Waals surface area contributed by atoms with Gasteiger partial charge in [-0.1, -0.05) is 24.3 Å². The van der Waals surface area contributed by atoms with Gasteiger partial charge in [-0.25, -0.2) is 0 Å². The SMILES string of the molecule is Cc1ccccc1C1CCC(C(=O)O)CC1. The highest BCUT2D eigenvalue weighted by Gasteiger charge is 2.27. The first-order valence-electron chi connectivity index (χ1n) is 5.97. The summed E-state index contributed by atoms with van der Waals surface area (Å²) < 4.78 is 0. The molecule has 1 aromatic carbocycles. The van der Waals surface area contributed by atoms with E-state index in [0.717, 1.165) is 25.7 Å². The summed E-state index contributed by atoms with van der Waals surface area (Å²) in [7, 11) is 0. The number of aliphatic carboxylic acids is 1. The van der Waals surface area contributed by atoms with E-state index in [2.05, 4.69) is 31.2 Å². The smallest absolute Gasteiger partial charge is 0.306 e. The fourth-order valence-corrected chi connectivity index (χ4v) is 2.70. The first-order valence-corrected chi connectivity index (χ1v) is 5.97. The molecule has 2 heteroatoms. The minimum atomic E-state index is -0.622. The zero-order valence-electron chi connectivity index (χ0n) is 9.65. The van der Waals surface area contributed by atoms with Gasteiger partial charge in [0.15, 0.2) is 0 Å². The average molecular weight is 218 g/mol. The molecule has 0 saturated heterocycles. The van der Waals surface area contributed by atoms with E-state index in [1.165, 1.54) is 11.1 Å². The van der Waals surface area contributed by atoms with Crippen molar-refractivity contribution in [3.63, 3.8) is 0 Å². The summed E-state index contributed by atoms with van der Waals surface area (Å²) in [6.07, 6.45) is 3.69. The van der Waals surface area contributed by atoms with Crippen molar-refractivity contribution in [3.05, 3.63) is 35.4 Å². The van der Waals surface area contributed by atoms with Gasteiger partial charge in [0.05, 0.1) is 5.92 Å². The lowest BCUT2D eigenvalue weighted by Gasteiger charge is -2.27. The Balaban J connectivity index is 2.05. The molecule has 1 fully saturated rings. The van der Waals surface area contributed by atoms with Gasteiger partial charge in [0.25, 0.3) is 0 Å². The largest absolute Gasteiger partial charge is 0.481 e. The zero-order chi connectivity index (χ0) is 11.5. The predicted molar refractivity (Wildman–Crippen MR) is 63.5 cm³/mol. The van der Waals surface area contributed by atoms with Crippen LogP contribution >= 0.6 is 0 Å². The Bertz CT molecular complexity index is 376. The molecule has 86 valence electrons. The first-order chi connectivity index (χ1) is 7.68. The number of hydrogen-bond donors (Lipinski definition) is 1. The number of carboxylic acid groups (broad SMARTS) is 1. The number of carboxylic acids is 1. The van der Waals surface area contributed by atoms with Gasteiger partial charge in [-0.15, -0.1) is 0 Å². The molecule has 2 rings (SSSR count). The lowest BCUT2D eigenvalue weighted by molar-refractivity contribution is -0.142. The van der Waals surface area contributed by atoms with Crippen LogP contribution in [0.25, 0.3) is 0 Å². The molecule has 0 radical (unpaired) electrons. The quantitative estimate of drug-likeness (QED) is 0.826. The van der Waals surface area contributed by atoms with Gasteiger partial charge in [0.2, 0.25) is 0 Å². The third-order valence-corrected chi connectivity index (χ3v) is 3.70. The fourth-order valence-electron chi connectivity index (χ4n) is 2.70. The highest BCUT2D eigenvalue weighted by molar-refractivity contribution is 5.70. The molecule has 0 spiro atoms. The van der Waals surface area contributed by atoms with Gasteiger partial charge < -0.3 is 5.11 Å². The van der Waals surface area contributed by atoms with Crippen molar-refractivity contribution >= 4 is 5.97 Å². The second kappa shape index (κ2) is 4.69. The molecule has 0 atom stereocenters. The Morgan fingerprint density at radius 1 is 1.19 bits per heavy atom. The van der Waals surface area contributed by atoms with Crippen LogP contribution in [0, 0.1) is 12.8 Å². The fraction of sp³-hybridized carbons (Fsp3) is 0.500. The Morgan fingerprint density at radius 2 is 1.81 bits per heavy atom. The maximum Gasteiger partial charge on any atom is 0.306 e. The standard InChI is InChI=1S/C14H18O2/c1-10-4-2-3-5-13(10)11-6-8-12(9-7-11)14(15)16/h2-5,11-12H,6-9H2,1H3,(H,15,16). The van der Waals surface area contributed by atoms with Crippen molar-refractivity contribution in [2.24, 2.45) is 5.92 Å². The monoisotopic (exact) mass is 218 g/mol. The Morgan fingerprint density at radius 3 is 2.38 bits per heavy atom. The van der Waals surface area contributed by atoms with Gasteiger partial charge in [-0.3, -0.25) is 4.79 Å². The lowest BCUT2D eigenvalue weighted by atomic mass is 9.77. The van der Waals surface area contributed by atoms with Gasteiger partial charge in [-0.2, -0.15) is 0 Å². The molecule has 16 heavy (non-hydrogen) atoms.